The Balaban J connectivity index is 1.92. The summed E-state index contributed by atoms with van der Waals surface area (Å²) in [5.41, 5.74) is 7.42. The molecule has 1 heterocycles. The minimum Gasteiger partial charge on any atom is -0.491 e. The molecule has 0 amide bonds. The maximum Gasteiger partial charge on any atom is 0.119 e. The average Bonchev–Trinajstić information content (AvgIpc) is 2.29. The van der Waals surface area contributed by atoms with Crippen molar-refractivity contribution < 1.29 is 4.74 Å². The molecule has 3 heteroatoms. The van der Waals surface area contributed by atoms with E-state index in [0.717, 1.165) is 31.8 Å². The van der Waals surface area contributed by atoms with E-state index < -0.39 is 0 Å². The number of ether oxygens (including phenoxy) is 1. The topological polar surface area (TPSA) is 38.5 Å². The van der Waals surface area contributed by atoms with Gasteiger partial charge in [-0.1, -0.05) is 19.1 Å². The Kier molecular flexibility index (Phi) is 4.83. The summed E-state index contributed by atoms with van der Waals surface area (Å²) in [6, 6.07) is 8.75. The van der Waals surface area contributed by atoms with Crippen LogP contribution in [0.5, 0.6) is 5.75 Å². The third kappa shape index (κ3) is 4.51. The number of hydrogen-bond donors (Lipinski definition) is 1. The van der Waals surface area contributed by atoms with E-state index in [4.69, 9.17) is 10.5 Å². The van der Waals surface area contributed by atoms with Crippen LogP contribution in [0.4, 0.5) is 0 Å². The molecule has 106 valence electrons. The van der Waals surface area contributed by atoms with Crippen LogP contribution in [0.15, 0.2) is 24.3 Å². The molecule has 0 saturated carbocycles. The molecule has 0 aliphatic carbocycles. The highest BCUT2D eigenvalue weighted by Gasteiger charge is 2.21. The van der Waals surface area contributed by atoms with E-state index in [1.807, 2.05) is 13.8 Å². The second-order valence-corrected chi connectivity index (χ2v) is 6.11. The van der Waals surface area contributed by atoms with E-state index in [0.29, 0.717) is 12.0 Å². The number of nitrogens with zero attached hydrogens (tertiary/aromatic N) is 1. The van der Waals surface area contributed by atoms with Gasteiger partial charge in [0.15, 0.2) is 0 Å². The molecule has 1 aromatic rings. The maximum absolute atomic E-state index is 6.09. The molecular weight excluding hydrogens is 236 g/mol. The molecule has 0 aromatic heterocycles. The Bertz CT molecular complexity index is 378. The lowest BCUT2D eigenvalue weighted by molar-refractivity contribution is 0.158. The molecule has 3 nitrogen and oxygen atoms in total. The molecule has 1 aliphatic rings. The van der Waals surface area contributed by atoms with E-state index in [1.165, 1.54) is 5.56 Å². The second kappa shape index (κ2) is 6.40. The summed E-state index contributed by atoms with van der Waals surface area (Å²) < 4.78 is 5.66. The Hall–Kier alpha value is -1.06. The van der Waals surface area contributed by atoms with Crippen molar-refractivity contribution in [2.75, 3.05) is 13.1 Å². The average molecular weight is 262 g/mol. The monoisotopic (exact) mass is 262 g/mol. The van der Waals surface area contributed by atoms with Crippen molar-refractivity contribution in [2.45, 2.75) is 45.9 Å². The molecule has 1 fully saturated rings. The van der Waals surface area contributed by atoms with Crippen LogP contribution in [0.3, 0.4) is 0 Å². The Morgan fingerprint density at radius 2 is 1.95 bits per heavy atom. The van der Waals surface area contributed by atoms with Gasteiger partial charge < -0.3 is 10.5 Å². The van der Waals surface area contributed by atoms with Crippen molar-refractivity contribution in [3.8, 4) is 5.75 Å². The summed E-state index contributed by atoms with van der Waals surface area (Å²) in [7, 11) is 0. The molecule has 19 heavy (non-hydrogen) atoms. The number of likely N-dealkylation sites (tertiary alicyclic amines) is 1. The number of rotatable bonds is 4. The van der Waals surface area contributed by atoms with Gasteiger partial charge >= 0.3 is 0 Å². The van der Waals surface area contributed by atoms with Crippen molar-refractivity contribution in [3.05, 3.63) is 29.8 Å². The zero-order chi connectivity index (χ0) is 13.8. The van der Waals surface area contributed by atoms with E-state index >= 15 is 0 Å². The predicted molar refractivity (Wildman–Crippen MR) is 79.2 cm³/mol. The fourth-order valence-electron chi connectivity index (χ4n) is 2.85. The minimum atomic E-state index is 0.229. The first-order chi connectivity index (χ1) is 9.02. The van der Waals surface area contributed by atoms with E-state index in [1.54, 1.807) is 0 Å². The smallest absolute Gasteiger partial charge is 0.119 e. The highest BCUT2D eigenvalue weighted by Crippen LogP contribution is 2.19. The van der Waals surface area contributed by atoms with E-state index in [-0.39, 0.29) is 6.10 Å². The summed E-state index contributed by atoms with van der Waals surface area (Å²) in [5, 5.41) is 0. The molecule has 1 aromatic carbocycles. The number of hydrogen-bond acceptors (Lipinski definition) is 3. The minimum absolute atomic E-state index is 0.229. The summed E-state index contributed by atoms with van der Waals surface area (Å²) >= 11 is 0. The van der Waals surface area contributed by atoms with Gasteiger partial charge in [-0.3, -0.25) is 4.90 Å². The highest BCUT2D eigenvalue weighted by molar-refractivity contribution is 5.27. The predicted octanol–water partition coefficient (Wildman–Crippen LogP) is 2.64. The van der Waals surface area contributed by atoms with Gasteiger partial charge in [0.1, 0.15) is 5.75 Å². The van der Waals surface area contributed by atoms with E-state index in [2.05, 4.69) is 36.1 Å². The Morgan fingerprint density at radius 1 is 1.26 bits per heavy atom. The number of nitrogens with two attached hydrogens (primary N) is 1. The third-order valence-corrected chi connectivity index (χ3v) is 3.47. The highest BCUT2D eigenvalue weighted by atomic mass is 16.5. The molecule has 0 radical (unpaired) electrons. The molecule has 0 spiro atoms. The lowest BCUT2D eigenvalue weighted by atomic mass is 9.96. The molecule has 2 rings (SSSR count). The fraction of sp³-hybridized carbons (Fsp3) is 0.625. The standard InChI is InChI=1S/C16H26N2O/c1-12(2)19-16-6-4-14(5-7-16)10-18-9-13(3)8-15(17)11-18/h4-7,12-13,15H,8-11,17H2,1-3H3. The molecule has 2 atom stereocenters. The number of piperidine rings is 1. The van der Waals surface area contributed by atoms with Crippen LogP contribution in [0.2, 0.25) is 0 Å². The molecule has 1 saturated heterocycles. The molecule has 1 aliphatic heterocycles. The van der Waals surface area contributed by atoms with Gasteiger partial charge in [0.05, 0.1) is 6.10 Å². The van der Waals surface area contributed by atoms with Gasteiger partial charge in [-0.15, -0.1) is 0 Å². The largest absolute Gasteiger partial charge is 0.491 e. The van der Waals surface area contributed by atoms with Gasteiger partial charge in [0.25, 0.3) is 0 Å². The van der Waals surface area contributed by atoms with Crippen molar-refractivity contribution in [1.82, 2.24) is 4.90 Å². The summed E-state index contributed by atoms with van der Waals surface area (Å²) in [4.78, 5) is 2.46. The first-order valence-electron chi connectivity index (χ1n) is 7.26. The van der Waals surface area contributed by atoms with Crippen LogP contribution in [0, 0.1) is 5.92 Å². The molecule has 2 N–H and O–H groups in total. The lowest BCUT2D eigenvalue weighted by Gasteiger charge is -2.34. The van der Waals surface area contributed by atoms with Crippen LogP contribution in [0.25, 0.3) is 0 Å². The van der Waals surface area contributed by atoms with E-state index in [9.17, 15) is 0 Å². The molecule has 0 bridgehead atoms. The van der Waals surface area contributed by atoms with Crippen LogP contribution < -0.4 is 10.5 Å². The summed E-state index contributed by atoms with van der Waals surface area (Å²) in [6.07, 6.45) is 1.38. The summed E-state index contributed by atoms with van der Waals surface area (Å²) in [5.74, 6) is 1.65. The zero-order valence-corrected chi connectivity index (χ0v) is 12.3. The van der Waals surface area contributed by atoms with Gasteiger partial charge in [0.2, 0.25) is 0 Å². The quantitative estimate of drug-likeness (QED) is 0.906. The SMILES string of the molecule is CC1CC(N)CN(Cc2ccc(OC(C)C)cc2)C1. The zero-order valence-electron chi connectivity index (χ0n) is 12.3. The van der Waals surface area contributed by atoms with Crippen LogP contribution in [0.1, 0.15) is 32.8 Å². The fourth-order valence-corrected chi connectivity index (χ4v) is 2.85. The molecule has 2 unspecified atom stereocenters. The van der Waals surface area contributed by atoms with Crippen molar-refractivity contribution in [3.63, 3.8) is 0 Å². The number of benzene rings is 1. The summed E-state index contributed by atoms with van der Waals surface area (Å²) in [6.45, 7) is 9.52. The van der Waals surface area contributed by atoms with Gasteiger partial charge in [-0.25, -0.2) is 0 Å². The van der Waals surface area contributed by atoms with Gasteiger partial charge in [-0.05, 0) is 43.9 Å². The van der Waals surface area contributed by atoms with Gasteiger partial charge in [-0.2, -0.15) is 0 Å². The second-order valence-electron chi connectivity index (χ2n) is 6.11. The van der Waals surface area contributed by atoms with Gasteiger partial charge in [0, 0.05) is 25.7 Å². The third-order valence-electron chi connectivity index (χ3n) is 3.47. The van der Waals surface area contributed by atoms with Crippen LogP contribution in [-0.4, -0.2) is 30.1 Å². The maximum atomic E-state index is 6.09. The van der Waals surface area contributed by atoms with Crippen molar-refractivity contribution in [1.29, 1.82) is 0 Å². The lowest BCUT2D eigenvalue weighted by Crippen LogP contribution is -2.45. The van der Waals surface area contributed by atoms with Crippen molar-refractivity contribution >= 4 is 0 Å². The van der Waals surface area contributed by atoms with Crippen LogP contribution >= 0.6 is 0 Å². The van der Waals surface area contributed by atoms with Crippen LogP contribution in [-0.2, 0) is 6.54 Å². The Labute approximate surface area is 116 Å². The first kappa shape index (κ1) is 14.4. The Morgan fingerprint density at radius 3 is 2.53 bits per heavy atom. The first-order valence-corrected chi connectivity index (χ1v) is 7.26. The molecular formula is C16H26N2O. The normalized spacial score (nSPS) is 24.7. The van der Waals surface area contributed by atoms with Crippen molar-refractivity contribution in [2.24, 2.45) is 11.7 Å².